The number of carbonyl (C=O) groups is 2. The maximum atomic E-state index is 14.0. The first-order valence-electron chi connectivity index (χ1n) is 13.2. The molecule has 0 aromatic heterocycles. The summed E-state index contributed by atoms with van der Waals surface area (Å²) in [7, 11) is -2.35. The standard InChI is InChI=1S/C32H32BrN3O5S/c1-34-32(38)30(21-24-9-5-3-6-10-24)35(22-25-13-15-26(33)16-14-25)31(37)23-36(42(2,39)40)27-17-19-29(20-18-27)41-28-11-7-4-8-12-28/h3-20,30H,21-23H2,1-2H3,(H,34,38)/t30-/m1/s1. The van der Waals surface area contributed by atoms with Crippen molar-refractivity contribution in [1.29, 1.82) is 0 Å². The van der Waals surface area contributed by atoms with Crippen molar-refractivity contribution in [2.45, 2.75) is 19.0 Å². The van der Waals surface area contributed by atoms with E-state index in [0.717, 1.165) is 26.2 Å². The molecule has 0 fully saturated rings. The highest BCUT2D eigenvalue weighted by Gasteiger charge is 2.32. The third kappa shape index (κ3) is 8.43. The number of rotatable bonds is 12. The normalized spacial score (nSPS) is 11.8. The zero-order valence-electron chi connectivity index (χ0n) is 23.3. The fourth-order valence-electron chi connectivity index (χ4n) is 4.43. The van der Waals surface area contributed by atoms with Gasteiger partial charge in [0.25, 0.3) is 0 Å². The fraction of sp³-hybridized carbons (Fsp3) is 0.188. The van der Waals surface area contributed by atoms with Crippen LogP contribution in [-0.2, 0) is 32.6 Å². The molecule has 4 rings (SSSR count). The molecule has 8 nitrogen and oxygen atoms in total. The molecule has 0 unspecified atom stereocenters. The molecule has 0 heterocycles. The Bertz CT molecular complexity index is 1580. The fourth-order valence-corrected chi connectivity index (χ4v) is 5.54. The van der Waals surface area contributed by atoms with Crippen molar-refractivity contribution < 1.29 is 22.7 Å². The Hall–Kier alpha value is -4.15. The average Bonchev–Trinajstić information content (AvgIpc) is 2.99. The molecule has 10 heteroatoms. The van der Waals surface area contributed by atoms with Crippen LogP contribution in [0.5, 0.6) is 11.5 Å². The highest BCUT2D eigenvalue weighted by molar-refractivity contribution is 9.10. The van der Waals surface area contributed by atoms with Crippen LogP contribution >= 0.6 is 15.9 Å². The van der Waals surface area contributed by atoms with Crippen LogP contribution in [0.3, 0.4) is 0 Å². The van der Waals surface area contributed by atoms with Gasteiger partial charge in [-0.1, -0.05) is 76.6 Å². The first-order chi connectivity index (χ1) is 20.1. The number of amides is 2. The van der Waals surface area contributed by atoms with Crippen LogP contribution in [-0.4, -0.2) is 51.0 Å². The molecule has 4 aromatic carbocycles. The highest BCUT2D eigenvalue weighted by atomic mass is 79.9. The van der Waals surface area contributed by atoms with E-state index < -0.39 is 28.5 Å². The lowest BCUT2D eigenvalue weighted by atomic mass is 10.0. The van der Waals surface area contributed by atoms with Gasteiger partial charge in [0.1, 0.15) is 24.1 Å². The molecule has 0 aliphatic rings. The van der Waals surface area contributed by atoms with Gasteiger partial charge in [-0.2, -0.15) is 0 Å². The molecule has 0 saturated heterocycles. The van der Waals surface area contributed by atoms with Crippen molar-refractivity contribution >= 4 is 43.5 Å². The van der Waals surface area contributed by atoms with Crippen LogP contribution in [0.25, 0.3) is 0 Å². The van der Waals surface area contributed by atoms with E-state index in [9.17, 15) is 18.0 Å². The van der Waals surface area contributed by atoms with Crippen LogP contribution in [0.2, 0.25) is 0 Å². The SMILES string of the molecule is CNC(=O)[C@@H](Cc1ccccc1)N(Cc1ccc(Br)cc1)C(=O)CN(c1ccc(Oc2ccccc2)cc1)S(C)(=O)=O. The molecule has 42 heavy (non-hydrogen) atoms. The van der Waals surface area contributed by atoms with E-state index in [0.29, 0.717) is 17.2 Å². The van der Waals surface area contributed by atoms with Crippen molar-refractivity contribution in [2.75, 3.05) is 24.2 Å². The summed E-state index contributed by atoms with van der Waals surface area (Å²) in [4.78, 5) is 28.6. The van der Waals surface area contributed by atoms with E-state index in [4.69, 9.17) is 4.74 Å². The number of hydrogen-bond acceptors (Lipinski definition) is 5. The number of sulfonamides is 1. The number of anilines is 1. The number of halogens is 1. The molecular weight excluding hydrogens is 618 g/mol. The predicted molar refractivity (Wildman–Crippen MR) is 168 cm³/mol. The molecule has 1 N–H and O–H groups in total. The van der Waals surface area contributed by atoms with Crippen molar-refractivity contribution in [3.8, 4) is 11.5 Å². The van der Waals surface area contributed by atoms with Gasteiger partial charge < -0.3 is 15.0 Å². The smallest absolute Gasteiger partial charge is 0.244 e. The topological polar surface area (TPSA) is 96.0 Å². The lowest BCUT2D eigenvalue weighted by molar-refractivity contribution is -0.139. The summed E-state index contributed by atoms with van der Waals surface area (Å²) in [5, 5.41) is 2.67. The Morgan fingerprint density at radius 1 is 0.810 bits per heavy atom. The molecule has 0 spiro atoms. The van der Waals surface area contributed by atoms with E-state index in [1.807, 2.05) is 84.9 Å². The monoisotopic (exact) mass is 649 g/mol. The van der Waals surface area contributed by atoms with Crippen molar-refractivity contribution in [2.24, 2.45) is 0 Å². The maximum absolute atomic E-state index is 14.0. The molecule has 0 bridgehead atoms. The van der Waals surface area contributed by atoms with Crippen LogP contribution in [0, 0.1) is 0 Å². The molecule has 0 aliphatic heterocycles. The van der Waals surface area contributed by atoms with Crippen LogP contribution in [0.15, 0.2) is 114 Å². The lowest BCUT2D eigenvalue weighted by Gasteiger charge is -2.33. The van der Waals surface area contributed by atoms with E-state index >= 15 is 0 Å². The molecule has 4 aromatic rings. The number of para-hydroxylation sites is 1. The van der Waals surface area contributed by atoms with Gasteiger partial charge in [-0.25, -0.2) is 8.42 Å². The number of nitrogens with zero attached hydrogens (tertiary/aromatic N) is 2. The zero-order chi connectivity index (χ0) is 30.1. The highest BCUT2D eigenvalue weighted by Crippen LogP contribution is 2.26. The third-order valence-electron chi connectivity index (χ3n) is 6.57. The Balaban J connectivity index is 1.64. The Kier molecular flexibility index (Phi) is 10.4. The second kappa shape index (κ2) is 14.2. The van der Waals surface area contributed by atoms with Gasteiger partial charge in [0.2, 0.25) is 21.8 Å². The van der Waals surface area contributed by atoms with Gasteiger partial charge >= 0.3 is 0 Å². The molecule has 0 radical (unpaired) electrons. The summed E-state index contributed by atoms with van der Waals surface area (Å²) in [6.45, 7) is -0.380. The largest absolute Gasteiger partial charge is 0.457 e. The van der Waals surface area contributed by atoms with Crippen molar-refractivity contribution in [1.82, 2.24) is 10.2 Å². The van der Waals surface area contributed by atoms with E-state index in [2.05, 4.69) is 21.2 Å². The van der Waals surface area contributed by atoms with Gasteiger partial charge in [0, 0.05) is 24.5 Å². The Morgan fingerprint density at radius 2 is 1.38 bits per heavy atom. The van der Waals surface area contributed by atoms with Gasteiger partial charge in [0.05, 0.1) is 11.9 Å². The van der Waals surface area contributed by atoms with Crippen LogP contribution < -0.4 is 14.4 Å². The Labute approximate surface area is 255 Å². The average molecular weight is 651 g/mol. The quantitative estimate of drug-likeness (QED) is 0.222. The summed E-state index contributed by atoms with van der Waals surface area (Å²) in [6, 6.07) is 31.6. The second-order valence-corrected chi connectivity index (χ2v) is 12.5. The minimum Gasteiger partial charge on any atom is -0.457 e. The molecule has 2 amide bonds. The van der Waals surface area contributed by atoms with Crippen LogP contribution in [0.4, 0.5) is 5.69 Å². The number of ether oxygens (including phenoxy) is 1. The predicted octanol–water partition coefficient (Wildman–Crippen LogP) is 5.39. The first kappa shape index (κ1) is 30.8. The number of likely N-dealkylation sites (N-methyl/N-ethyl adjacent to an activating group) is 1. The van der Waals surface area contributed by atoms with Gasteiger partial charge in [-0.05, 0) is 59.7 Å². The van der Waals surface area contributed by atoms with Gasteiger partial charge in [0.15, 0.2) is 0 Å². The summed E-state index contributed by atoms with van der Waals surface area (Å²) in [5.74, 6) is 0.293. The number of carbonyl (C=O) groups excluding carboxylic acids is 2. The first-order valence-corrected chi connectivity index (χ1v) is 15.9. The van der Waals surface area contributed by atoms with Gasteiger partial charge in [-0.3, -0.25) is 13.9 Å². The minimum absolute atomic E-state index is 0.110. The summed E-state index contributed by atoms with van der Waals surface area (Å²) >= 11 is 3.43. The minimum atomic E-state index is -3.87. The van der Waals surface area contributed by atoms with Gasteiger partial charge in [-0.15, -0.1) is 0 Å². The number of benzene rings is 4. The summed E-state index contributed by atoms with van der Waals surface area (Å²) < 4.78 is 33.6. The third-order valence-corrected chi connectivity index (χ3v) is 8.24. The number of nitrogens with one attached hydrogen (secondary N) is 1. The molecule has 0 saturated carbocycles. The van der Waals surface area contributed by atoms with Crippen molar-refractivity contribution in [3.05, 3.63) is 125 Å². The van der Waals surface area contributed by atoms with Crippen LogP contribution in [0.1, 0.15) is 11.1 Å². The number of hydrogen-bond donors (Lipinski definition) is 1. The lowest BCUT2D eigenvalue weighted by Crippen LogP contribution is -2.52. The Morgan fingerprint density at radius 3 is 1.95 bits per heavy atom. The summed E-state index contributed by atoms with van der Waals surface area (Å²) in [6.07, 6.45) is 1.31. The van der Waals surface area contributed by atoms with E-state index in [1.165, 1.54) is 11.9 Å². The summed E-state index contributed by atoms with van der Waals surface area (Å²) in [5.41, 5.74) is 1.96. The molecule has 1 atom stereocenters. The van der Waals surface area contributed by atoms with Crippen molar-refractivity contribution in [3.63, 3.8) is 0 Å². The van der Waals surface area contributed by atoms with E-state index in [-0.39, 0.29) is 18.9 Å². The van der Waals surface area contributed by atoms with E-state index in [1.54, 1.807) is 24.3 Å². The maximum Gasteiger partial charge on any atom is 0.244 e. The molecule has 0 aliphatic carbocycles. The zero-order valence-corrected chi connectivity index (χ0v) is 25.7. The molecule has 218 valence electrons. The second-order valence-electron chi connectivity index (χ2n) is 9.65. The molecular formula is C32H32BrN3O5S.